The van der Waals surface area contributed by atoms with Gasteiger partial charge < -0.3 is 4.57 Å². The van der Waals surface area contributed by atoms with Gasteiger partial charge in [0, 0.05) is 25.5 Å². The Morgan fingerprint density at radius 3 is 2.59 bits per heavy atom. The third-order valence-corrected chi connectivity index (χ3v) is 9.08. The van der Waals surface area contributed by atoms with Crippen molar-refractivity contribution in [1.82, 2.24) is 8.87 Å². The van der Waals surface area contributed by atoms with Crippen LogP contribution in [0.25, 0.3) is 21.0 Å². The van der Waals surface area contributed by atoms with E-state index in [0.717, 1.165) is 21.0 Å². The number of aromatic nitrogens is 1. The molecule has 4 aromatic rings. The van der Waals surface area contributed by atoms with Crippen LogP contribution in [0.4, 0.5) is 0 Å². The summed E-state index contributed by atoms with van der Waals surface area (Å²) in [7, 11) is -1.71. The zero-order valence-corrected chi connectivity index (χ0v) is 19.3. The first kappa shape index (κ1) is 21.1. The van der Waals surface area contributed by atoms with Gasteiger partial charge in [-0.2, -0.15) is 9.30 Å². The lowest BCUT2D eigenvalue weighted by Gasteiger charge is -2.30. The van der Waals surface area contributed by atoms with Crippen molar-refractivity contribution >= 4 is 48.3 Å². The van der Waals surface area contributed by atoms with Crippen molar-refractivity contribution in [2.24, 2.45) is 18.0 Å². The van der Waals surface area contributed by atoms with Gasteiger partial charge in [-0.15, -0.1) is 0 Å². The van der Waals surface area contributed by atoms with E-state index in [-0.39, 0.29) is 17.3 Å². The standard InChI is InChI=1S/C24H23N3O3S2/c1-26-21-14-13-17-8-5-6-12-20(17)22(21)31-24(26)25-23(28)18-9-7-15-27(16-18)32(29,30)19-10-3-2-4-11-19/h2-6,8,10-14,18H,7,9,15-16H2,1H3. The van der Waals surface area contributed by atoms with Gasteiger partial charge in [-0.25, -0.2) is 8.42 Å². The Hall–Kier alpha value is -2.81. The molecule has 0 bridgehead atoms. The summed E-state index contributed by atoms with van der Waals surface area (Å²) in [6.07, 6.45) is 1.28. The molecule has 1 unspecified atom stereocenters. The Balaban J connectivity index is 1.46. The van der Waals surface area contributed by atoms with Gasteiger partial charge >= 0.3 is 0 Å². The van der Waals surface area contributed by atoms with E-state index in [1.54, 1.807) is 30.3 Å². The van der Waals surface area contributed by atoms with Crippen LogP contribution in [0.5, 0.6) is 0 Å². The largest absolute Gasteiger partial charge is 0.319 e. The van der Waals surface area contributed by atoms with Crippen LogP contribution in [0.3, 0.4) is 0 Å². The van der Waals surface area contributed by atoms with Crippen LogP contribution < -0.4 is 4.80 Å². The zero-order valence-electron chi connectivity index (χ0n) is 17.6. The minimum absolute atomic E-state index is 0.164. The number of fused-ring (bicyclic) bond motifs is 3. The van der Waals surface area contributed by atoms with E-state index >= 15 is 0 Å². The number of thiazole rings is 1. The van der Waals surface area contributed by atoms with Gasteiger partial charge in [-0.1, -0.05) is 59.9 Å². The van der Waals surface area contributed by atoms with Gasteiger partial charge in [0.05, 0.1) is 21.0 Å². The van der Waals surface area contributed by atoms with Gasteiger partial charge in [0.25, 0.3) is 5.91 Å². The van der Waals surface area contributed by atoms with Crippen LogP contribution in [0.2, 0.25) is 0 Å². The predicted molar refractivity (Wildman–Crippen MR) is 127 cm³/mol. The van der Waals surface area contributed by atoms with E-state index in [2.05, 4.69) is 23.2 Å². The molecule has 1 saturated heterocycles. The van der Waals surface area contributed by atoms with Crippen LogP contribution in [-0.2, 0) is 21.9 Å². The van der Waals surface area contributed by atoms with Crippen molar-refractivity contribution in [3.8, 4) is 0 Å². The van der Waals surface area contributed by atoms with Gasteiger partial charge in [-0.3, -0.25) is 4.79 Å². The van der Waals surface area contributed by atoms with Crippen molar-refractivity contribution in [2.75, 3.05) is 13.1 Å². The summed E-state index contributed by atoms with van der Waals surface area (Å²) in [5, 5.41) is 2.28. The Morgan fingerprint density at radius 2 is 1.78 bits per heavy atom. The first-order valence-electron chi connectivity index (χ1n) is 10.6. The van der Waals surface area contributed by atoms with Crippen molar-refractivity contribution in [3.05, 3.63) is 71.5 Å². The Kier molecular flexibility index (Phi) is 5.44. The lowest BCUT2D eigenvalue weighted by Crippen LogP contribution is -2.42. The number of hydrogen-bond acceptors (Lipinski definition) is 4. The monoisotopic (exact) mass is 465 g/mol. The van der Waals surface area contributed by atoms with Crippen molar-refractivity contribution < 1.29 is 13.2 Å². The van der Waals surface area contributed by atoms with Crippen LogP contribution in [-0.4, -0.2) is 36.3 Å². The fraction of sp³-hybridized carbons (Fsp3) is 0.250. The number of hydrogen-bond donors (Lipinski definition) is 0. The minimum Gasteiger partial charge on any atom is -0.319 e. The number of benzene rings is 3. The van der Waals surface area contributed by atoms with Crippen molar-refractivity contribution in [2.45, 2.75) is 17.7 Å². The second-order valence-corrected chi connectivity index (χ2v) is 11.0. The first-order chi connectivity index (χ1) is 15.4. The molecular formula is C24H23N3O3S2. The highest BCUT2D eigenvalue weighted by Gasteiger charge is 2.33. The minimum atomic E-state index is -3.62. The van der Waals surface area contributed by atoms with Gasteiger partial charge in [-0.05, 0) is 36.4 Å². The summed E-state index contributed by atoms with van der Waals surface area (Å²) in [4.78, 5) is 18.4. The summed E-state index contributed by atoms with van der Waals surface area (Å²) in [5.41, 5.74) is 1.03. The number of piperidine rings is 1. The Labute approximate surface area is 190 Å². The third-order valence-electron chi connectivity index (χ3n) is 6.02. The molecule has 1 amide bonds. The molecule has 1 aliphatic rings. The maximum atomic E-state index is 13.1. The highest BCUT2D eigenvalue weighted by atomic mass is 32.2. The van der Waals surface area contributed by atoms with E-state index in [1.807, 2.05) is 29.8 Å². The molecule has 0 aliphatic carbocycles. The second kappa shape index (κ2) is 8.27. The maximum Gasteiger partial charge on any atom is 0.252 e. The molecule has 1 fully saturated rings. The number of rotatable bonds is 3. The lowest BCUT2D eigenvalue weighted by molar-refractivity contribution is -0.122. The van der Waals surface area contributed by atoms with Crippen molar-refractivity contribution in [3.63, 3.8) is 0 Å². The number of nitrogens with zero attached hydrogens (tertiary/aromatic N) is 3. The summed E-state index contributed by atoms with van der Waals surface area (Å²) in [5.74, 6) is -0.700. The summed E-state index contributed by atoms with van der Waals surface area (Å²) in [6.45, 7) is 0.584. The second-order valence-electron chi connectivity index (χ2n) is 8.04. The molecule has 6 nitrogen and oxygen atoms in total. The molecule has 32 heavy (non-hydrogen) atoms. The SMILES string of the molecule is Cn1c(=NC(=O)C2CCCN(S(=O)(=O)c3ccccc3)C2)sc2c3ccccc3ccc21. The number of carbonyl (C=O) groups is 1. The molecule has 1 atom stereocenters. The molecule has 8 heteroatoms. The number of amides is 1. The smallest absolute Gasteiger partial charge is 0.252 e. The molecule has 2 heterocycles. The van der Waals surface area contributed by atoms with E-state index < -0.39 is 15.9 Å². The molecule has 1 aromatic heterocycles. The number of aryl methyl sites for hydroxylation is 1. The fourth-order valence-corrected chi connectivity index (χ4v) is 6.96. The van der Waals surface area contributed by atoms with E-state index in [9.17, 15) is 13.2 Å². The summed E-state index contributed by atoms with van der Waals surface area (Å²) >= 11 is 1.49. The highest BCUT2D eigenvalue weighted by Crippen LogP contribution is 2.28. The molecule has 0 N–H and O–H groups in total. The molecule has 0 saturated carbocycles. The highest BCUT2D eigenvalue weighted by molar-refractivity contribution is 7.89. The topological polar surface area (TPSA) is 71.7 Å². The third kappa shape index (κ3) is 3.68. The normalized spacial score (nSPS) is 18.4. The molecule has 3 aromatic carbocycles. The maximum absolute atomic E-state index is 13.1. The van der Waals surface area contributed by atoms with E-state index in [4.69, 9.17) is 0 Å². The molecule has 1 aliphatic heterocycles. The van der Waals surface area contributed by atoms with E-state index in [0.29, 0.717) is 24.2 Å². The zero-order chi connectivity index (χ0) is 22.3. The Morgan fingerprint density at radius 1 is 1.03 bits per heavy atom. The Bertz CT molecular complexity index is 1490. The van der Waals surface area contributed by atoms with Crippen LogP contribution in [0.15, 0.2) is 76.6 Å². The number of carbonyl (C=O) groups excluding carboxylic acids is 1. The van der Waals surface area contributed by atoms with E-state index in [1.165, 1.54) is 15.6 Å². The van der Waals surface area contributed by atoms with Gasteiger partial charge in [0.2, 0.25) is 10.0 Å². The average Bonchev–Trinajstić information content (AvgIpc) is 3.15. The van der Waals surface area contributed by atoms with Gasteiger partial charge in [0.1, 0.15) is 0 Å². The van der Waals surface area contributed by atoms with Crippen LogP contribution in [0.1, 0.15) is 12.8 Å². The summed E-state index contributed by atoms with van der Waals surface area (Å²) in [6, 6.07) is 20.7. The summed E-state index contributed by atoms with van der Waals surface area (Å²) < 4.78 is 30.4. The van der Waals surface area contributed by atoms with Gasteiger partial charge in [0.15, 0.2) is 4.80 Å². The van der Waals surface area contributed by atoms with Crippen LogP contribution in [0, 0.1) is 5.92 Å². The number of sulfonamides is 1. The molecule has 164 valence electrons. The molecule has 5 rings (SSSR count). The quantitative estimate of drug-likeness (QED) is 0.460. The molecule has 0 radical (unpaired) electrons. The molecular weight excluding hydrogens is 442 g/mol. The van der Waals surface area contributed by atoms with Crippen molar-refractivity contribution in [1.29, 1.82) is 0 Å². The first-order valence-corrected chi connectivity index (χ1v) is 12.8. The fourth-order valence-electron chi connectivity index (χ4n) is 4.25. The lowest BCUT2D eigenvalue weighted by atomic mass is 9.99. The average molecular weight is 466 g/mol. The van der Waals surface area contributed by atoms with Crippen LogP contribution >= 0.6 is 11.3 Å². The molecule has 0 spiro atoms. The predicted octanol–water partition coefficient (Wildman–Crippen LogP) is 3.92.